The van der Waals surface area contributed by atoms with Crippen molar-refractivity contribution in [2.24, 2.45) is 0 Å². The number of hydrogen-bond acceptors (Lipinski definition) is 4. The molecule has 138 valence electrons. The van der Waals surface area contributed by atoms with Crippen molar-refractivity contribution in [2.45, 2.75) is 37.1 Å². The third-order valence-electron chi connectivity index (χ3n) is 4.61. The Morgan fingerprint density at radius 2 is 1.88 bits per heavy atom. The van der Waals surface area contributed by atoms with E-state index in [2.05, 4.69) is 21.6 Å². The largest absolute Gasteiger partial charge is 0.465 e. The van der Waals surface area contributed by atoms with Crippen LogP contribution in [-0.4, -0.2) is 21.5 Å². The molecule has 0 aliphatic heterocycles. The number of ether oxygens (including phenoxy) is 1. The Kier molecular flexibility index (Phi) is 5.37. The minimum atomic E-state index is -3.82. The fraction of sp³-hybridized carbons (Fsp3) is 0.316. The first-order chi connectivity index (χ1) is 12.3. The van der Waals surface area contributed by atoms with E-state index in [1.165, 1.54) is 36.4 Å². The van der Waals surface area contributed by atoms with Gasteiger partial charge in [-0.25, -0.2) is 17.9 Å². The highest BCUT2D eigenvalue weighted by atomic mass is 35.5. The molecule has 0 amide bonds. The van der Waals surface area contributed by atoms with Crippen molar-refractivity contribution >= 4 is 27.6 Å². The summed E-state index contributed by atoms with van der Waals surface area (Å²) in [5.74, 6) is -0.682. The molecule has 2 aromatic carbocycles. The summed E-state index contributed by atoms with van der Waals surface area (Å²) in [4.78, 5) is 11.7. The number of benzene rings is 2. The van der Waals surface area contributed by atoms with Crippen LogP contribution in [0.5, 0.6) is 0 Å². The molecular formula is C19H20ClNO4S. The number of carbonyl (C=O) groups is 1. The normalized spacial score (nSPS) is 14.7. The summed E-state index contributed by atoms with van der Waals surface area (Å²) < 4.78 is 32.7. The zero-order valence-corrected chi connectivity index (χ0v) is 16.2. The number of hydrogen-bond donors (Lipinski definition) is 1. The summed E-state index contributed by atoms with van der Waals surface area (Å²) in [6.07, 6.45) is 3.25. The van der Waals surface area contributed by atoms with Gasteiger partial charge >= 0.3 is 5.97 Å². The van der Waals surface area contributed by atoms with E-state index in [9.17, 15) is 13.2 Å². The van der Waals surface area contributed by atoms with Gasteiger partial charge in [-0.05, 0) is 61.1 Å². The van der Waals surface area contributed by atoms with E-state index < -0.39 is 22.0 Å². The quantitative estimate of drug-likeness (QED) is 0.787. The highest BCUT2D eigenvalue weighted by Crippen LogP contribution is 2.27. The van der Waals surface area contributed by atoms with E-state index in [1.54, 1.807) is 6.92 Å². The Hall–Kier alpha value is -1.89. The Labute approximate surface area is 158 Å². The first-order valence-electron chi connectivity index (χ1n) is 8.33. The van der Waals surface area contributed by atoms with E-state index >= 15 is 0 Å². The van der Waals surface area contributed by atoms with Gasteiger partial charge in [-0.3, -0.25) is 0 Å². The van der Waals surface area contributed by atoms with Crippen LogP contribution in [0.1, 0.15) is 46.4 Å². The maximum Gasteiger partial charge on any atom is 0.339 e. The molecule has 7 heteroatoms. The highest BCUT2D eigenvalue weighted by molar-refractivity contribution is 7.89. The molecule has 0 unspecified atom stereocenters. The molecule has 26 heavy (non-hydrogen) atoms. The van der Waals surface area contributed by atoms with Crippen molar-refractivity contribution in [1.29, 1.82) is 0 Å². The van der Waals surface area contributed by atoms with Crippen LogP contribution < -0.4 is 4.72 Å². The predicted molar refractivity (Wildman–Crippen MR) is 100.0 cm³/mol. The van der Waals surface area contributed by atoms with Gasteiger partial charge < -0.3 is 4.74 Å². The van der Waals surface area contributed by atoms with Crippen LogP contribution in [0, 0.1) is 0 Å². The number of sulfonamides is 1. The van der Waals surface area contributed by atoms with Crippen LogP contribution in [-0.2, 0) is 27.6 Å². The van der Waals surface area contributed by atoms with Crippen LogP contribution >= 0.6 is 11.6 Å². The van der Waals surface area contributed by atoms with Crippen molar-refractivity contribution in [1.82, 2.24) is 4.72 Å². The molecule has 0 bridgehead atoms. The number of esters is 1. The Balaban J connectivity index is 1.85. The van der Waals surface area contributed by atoms with Crippen molar-refractivity contribution in [3.05, 3.63) is 63.7 Å². The van der Waals surface area contributed by atoms with E-state index in [-0.39, 0.29) is 15.5 Å². The molecular weight excluding hydrogens is 374 g/mol. The molecule has 1 aliphatic rings. The lowest BCUT2D eigenvalue weighted by atomic mass is 10.0. The number of aryl methyl sites for hydroxylation is 2. The van der Waals surface area contributed by atoms with Gasteiger partial charge in [0, 0.05) is 6.04 Å². The first-order valence-corrected chi connectivity index (χ1v) is 10.2. The third kappa shape index (κ3) is 3.77. The molecule has 1 N–H and O–H groups in total. The van der Waals surface area contributed by atoms with Crippen molar-refractivity contribution in [2.75, 3.05) is 7.11 Å². The highest BCUT2D eigenvalue weighted by Gasteiger charge is 2.22. The molecule has 0 fully saturated rings. The maximum absolute atomic E-state index is 12.7. The number of carbonyl (C=O) groups excluding carboxylic acids is 1. The lowest BCUT2D eigenvalue weighted by Crippen LogP contribution is -2.27. The molecule has 2 aromatic rings. The van der Waals surface area contributed by atoms with Crippen LogP contribution in [0.3, 0.4) is 0 Å². The average molecular weight is 394 g/mol. The zero-order valence-electron chi connectivity index (χ0n) is 14.6. The van der Waals surface area contributed by atoms with Crippen LogP contribution in [0.15, 0.2) is 41.3 Å². The van der Waals surface area contributed by atoms with Gasteiger partial charge in [0.1, 0.15) is 0 Å². The summed E-state index contributed by atoms with van der Waals surface area (Å²) in [7, 11) is -2.60. The fourth-order valence-electron chi connectivity index (χ4n) is 3.17. The predicted octanol–water partition coefficient (Wildman–Crippen LogP) is 3.65. The zero-order chi connectivity index (χ0) is 18.9. The summed E-state index contributed by atoms with van der Waals surface area (Å²) in [6.45, 7) is 1.80. The van der Waals surface area contributed by atoms with E-state index in [0.717, 1.165) is 24.8 Å². The summed E-state index contributed by atoms with van der Waals surface area (Å²) in [5, 5.41) is 0.141. The maximum atomic E-state index is 12.7. The van der Waals surface area contributed by atoms with Gasteiger partial charge in [-0.2, -0.15) is 0 Å². The Morgan fingerprint density at radius 1 is 1.15 bits per heavy atom. The first kappa shape index (κ1) is 18.9. The Bertz CT molecular complexity index is 956. The lowest BCUT2D eigenvalue weighted by molar-refractivity contribution is 0.0600. The second-order valence-corrected chi connectivity index (χ2v) is 8.48. The molecule has 1 atom stereocenters. The number of fused-ring (bicyclic) bond motifs is 1. The number of nitrogens with one attached hydrogen (secondary N) is 1. The van der Waals surface area contributed by atoms with Crippen LogP contribution in [0.4, 0.5) is 0 Å². The lowest BCUT2D eigenvalue weighted by Gasteiger charge is -2.16. The molecule has 1 aliphatic carbocycles. The molecule has 0 radical (unpaired) electrons. The van der Waals surface area contributed by atoms with Crippen LogP contribution in [0.2, 0.25) is 5.02 Å². The average Bonchev–Trinajstić information content (AvgIpc) is 3.08. The monoisotopic (exact) mass is 393 g/mol. The second kappa shape index (κ2) is 7.39. The standard InChI is InChI=1S/C19H20ClNO4S/c1-12(14-7-6-13-4-3-5-15(13)10-14)21-26(23,24)16-8-9-18(20)17(11-16)19(22)25-2/h6-12,21H,3-5H2,1-2H3/t12-/m0/s1. The fourth-order valence-corrected chi connectivity index (χ4v) is 4.62. The SMILES string of the molecule is COC(=O)c1cc(S(=O)(=O)N[C@@H](C)c2ccc3c(c2)CCC3)ccc1Cl. The summed E-state index contributed by atoms with van der Waals surface area (Å²) in [5.41, 5.74) is 3.55. The molecule has 5 nitrogen and oxygen atoms in total. The molecule has 0 spiro atoms. The van der Waals surface area contributed by atoms with Gasteiger partial charge in [-0.1, -0.05) is 29.8 Å². The minimum absolute atomic E-state index is 0.0159. The summed E-state index contributed by atoms with van der Waals surface area (Å²) >= 11 is 5.96. The van der Waals surface area contributed by atoms with Gasteiger partial charge in [0.15, 0.2) is 0 Å². The van der Waals surface area contributed by atoms with Crippen LogP contribution in [0.25, 0.3) is 0 Å². The van der Waals surface area contributed by atoms with Crippen molar-refractivity contribution < 1.29 is 17.9 Å². The van der Waals surface area contributed by atoms with E-state index in [4.69, 9.17) is 11.6 Å². The van der Waals surface area contributed by atoms with Gasteiger partial charge in [0.2, 0.25) is 10.0 Å². The molecule has 3 rings (SSSR count). The van der Waals surface area contributed by atoms with Gasteiger partial charge in [-0.15, -0.1) is 0 Å². The summed E-state index contributed by atoms with van der Waals surface area (Å²) in [6, 6.07) is 9.67. The van der Waals surface area contributed by atoms with Crippen molar-refractivity contribution in [3.8, 4) is 0 Å². The molecule has 0 aromatic heterocycles. The topological polar surface area (TPSA) is 72.5 Å². The number of rotatable bonds is 5. The van der Waals surface area contributed by atoms with Crippen molar-refractivity contribution in [3.63, 3.8) is 0 Å². The van der Waals surface area contributed by atoms with Gasteiger partial charge in [0.25, 0.3) is 0 Å². The molecule has 0 heterocycles. The molecule has 0 saturated heterocycles. The van der Waals surface area contributed by atoms with E-state index in [0.29, 0.717) is 0 Å². The minimum Gasteiger partial charge on any atom is -0.465 e. The number of halogens is 1. The Morgan fingerprint density at radius 3 is 2.62 bits per heavy atom. The smallest absolute Gasteiger partial charge is 0.339 e. The third-order valence-corrected chi connectivity index (χ3v) is 6.48. The number of methoxy groups -OCH3 is 1. The van der Waals surface area contributed by atoms with E-state index in [1.807, 2.05) is 6.07 Å². The van der Waals surface area contributed by atoms with Gasteiger partial charge in [0.05, 0.1) is 22.6 Å². The molecule has 0 saturated carbocycles. The second-order valence-electron chi connectivity index (χ2n) is 6.36.